The second kappa shape index (κ2) is 11.3. The number of hydrogen-bond acceptors (Lipinski definition) is 5. The summed E-state index contributed by atoms with van der Waals surface area (Å²) >= 11 is 0. The van der Waals surface area contributed by atoms with E-state index in [-0.39, 0.29) is 53.5 Å². The van der Waals surface area contributed by atoms with Gasteiger partial charge in [0.25, 0.3) is 5.91 Å². The number of aromatic nitrogens is 1. The average Bonchev–Trinajstić information content (AvgIpc) is 3.32. The summed E-state index contributed by atoms with van der Waals surface area (Å²) in [7, 11) is 0. The van der Waals surface area contributed by atoms with Gasteiger partial charge in [-0.15, -0.1) is 0 Å². The number of likely N-dealkylation sites (tertiary alicyclic amines) is 1. The number of nitrogens with one attached hydrogen (secondary N) is 1. The predicted octanol–water partition coefficient (Wildman–Crippen LogP) is 4.22. The van der Waals surface area contributed by atoms with Crippen LogP contribution in [0.5, 0.6) is 0 Å². The highest BCUT2D eigenvalue weighted by Gasteiger charge is 2.44. The molecule has 3 fully saturated rings. The zero-order chi connectivity index (χ0) is 26.0. The van der Waals surface area contributed by atoms with E-state index in [1.54, 1.807) is 6.07 Å². The van der Waals surface area contributed by atoms with Crippen molar-refractivity contribution in [2.75, 3.05) is 19.6 Å². The van der Waals surface area contributed by atoms with Crippen LogP contribution < -0.4 is 5.32 Å². The van der Waals surface area contributed by atoms with E-state index in [0.29, 0.717) is 44.1 Å². The van der Waals surface area contributed by atoms with Crippen LogP contribution in [0.4, 0.5) is 0 Å². The third kappa shape index (κ3) is 6.12. The number of piperidine rings is 2. The van der Waals surface area contributed by atoms with Crippen LogP contribution in [0.15, 0.2) is 10.6 Å². The number of carbonyl (C=O) groups excluding carboxylic acids is 3. The summed E-state index contributed by atoms with van der Waals surface area (Å²) in [5.41, 5.74) is 0.367. The van der Waals surface area contributed by atoms with Crippen LogP contribution in [0.25, 0.3) is 0 Å². The Labute approximate surface area is 215 Å². The Kier molecular flexibility index (Phi) is 8.41. The minimum atomic E-state index is -0.0857. The normalized spacial score (nSPS) is 30.4. The fourth-order valence-electron chi connectivity index (χ4n) is 6.30. The highest BCUT2D eigenvalue weighted by molar-refractivity contribution is 5.92. The van der Waals surface area contributed by atoms with Crippen molar-refractivity contribution in [3.05, 3.63) is 17.5 Å². The van der Waals surface area contributed by atoms with Gasteiger partial charge >= 0.3 is 0 Å². The van der Waals surface area contributed by atoms with Crippen LogP contribution in [0.2, 0.25) is 0 Å². The van der Waals surface area contributed by atoms with Crippen LogP contribution in [-0.2, 0) is 9.59 Å². The maximum absolute atomic E-state index is 13.5. The molecule has 5 atom stereocenters. The molecule has 0 radical (unpaired) electrons. The Morgan fingerprint density at radius 3 is 2.58 bits per heavy atom. The van der Waals surface area contributed by atoms with Crippen LogP contribution in [0, 0.1) is 23.7 Å². The number of rotatable bonds is 3. The Morgan fingerprint density at radius 2 is 1.89 bits per heavy atom. The molecule has 200 valence electrons. The highest BCUT2D eigenvalue weighted by atomic mass is 16.5. The number of hydrogen-bond donors (Lipinski definition) is 1. The van der Waals surface area contributed by atoms with Crippen molar-refractivity contribution in [2.45, 2.75) is 97.6 Å². The van der Waals surface area contributed by atoms with Gasteiger partial charge in [-0.05, 0) is 55.8 Å². The zero-order valence-electron chi connectivity index (χ0n) is 22.7. The molecule has 36 heavy (non-hydrogen) atoms. The van der Waals surface area contributed by atoms with Crippen LogP contribution >= 0.6 is 0 Å². The number of nitrogens with zero attached hydrogens (tertiary/aromatic N) is 3. The summed E-state index contributed by atoms with van der Waals surface area (Å²) in [6.45, 7) is 12.4. The molecule has 0 spiro atoms. The molecular formula is C28H44N4O4. The van der Waals surface area contributed by atoms with Gasteiger partial charge in [0.05, 0.1) is 0 Å². The van der Waals surface area contributed by atoms with Crippen molar-refractivity contribution in [2.24, 2.45) is 23.7 Å². The van der Waals surface area contributed by atoms with Gasteiger partial charge in [0.2, 0.25) is 11.8 Å². The number of fused-ring (bicyclic) bond motifs is 4. The Morgan fingerprint density at radius 1 is 1.11 bits per heavy atom. The number of carbonyl (C=O) groups is 3. The molecule has 3 saturated heterocycles. The summed E-state index contributed by atoms with van der Waals surface area (Å²) in [5, 5.41) is 7.28. The van der Waals surface area contributed by atoms with Crippen molar-refractivity contribution in [1.82, 2.24) is 20.3 Å². The third-order valence-corrected chi connectivity index (χ3v) is 8.44. The van der Waals surface area contributed by atoms with E-state index in [2.05, 4.69) is 36.1 Å². The van der Waals surface area contributed by atoms with Gasteiger partial charge in [-0.1, -0.05) is 39.8 Å². The molecule has 0 saturated carbocycles. The topological polar surface area (TPSA) is 95.8 Å². The van der Waals surface area contributed by atoms with Gasteiger partial charge in [-0.2, -0.15) is 0 Å². The van der Waals surface area contributed by atoms with Crippen LogP contribution in [-0.4, -0.2) is 64.4 Å². The molecule has 8 heteroatoms. The van der Waals surface area contributed by atoms with E-state index in [9.17, 15) is 14.4 Å². The van der Waals surface area contributed by atoms with Gasteiger partial charge in [0.15, 0.2) is 5.69 Å². The minimum absolute atomic E-state index is 0.0644. The second-order valence-corrected chi connectivity index (χ2v) is 12.2. The first-order valence-corrected chi connectivity index (χ1v) is 14.0. The molecule has 1 N–H and O–H groups in total. The average molecular weight is 501 g/mol. The maximum Gasteiger partial charge on any atom is 0.276 e. The fourth-order valence-corrected chi connectivity index (χ4v) is 6.30. The summed E-state index contributed by atoms with van der Waals surface area (Å²) < 4.78 is 5.37. The molecule has 3 aliphatic heterocycles. The first kappa shape index (κ1) is 26.7. The van der Waals surface area contributed by atoms with Gasteiger partial charge in [-0.3, -0.25) is 14.4 Å². The van der Waals surface area contributed by atoms with Crippen molar-refractivity contribution < 1.29 is 18.9 Å². The molecule has 0 aromatic carbocycles. The van der Waals surface area contributed by atoms with Crippen LogP contribution in [0.1, 0.15) is 102 Å². The van der Waals surface area contributed by atoms with Crippen LogP contribution in [0.3, 0.4) is 0 Å². The van der Waals surface area contributed by atoms with E-state index in [4.69, 9.17) is 4.52 Å². The lowest BCUT2D eigenvalue weighted by Gasteiger charge is -2.51. The van der Waals surface area contributed by atoms with E-state index in [0.717, 1.165) is 37.9 Å². The molecule has 3 aliphatic rings. The molecule has 4 rings (SSSR count). The molecule has 4 heterocycles. The molecule has 1 aromatic heterocycles. The van der Waals surface area contributed by atoms with Gasteiger partial charge < -0.3 is 19.6 Å². The van der Waals surface area contributed by atoms with Gasteiger partial charge in [0.1, 0.15) is 5.76 Å². The summed E-state index contributed by atoms with van der Waals surface area (Å²) in [5.74, 6) is 2.29. The molecule has 0 aliphatic carbocycles. The molecule has 2 bridgehead atoms. The fraction of sp³-hybridized carbons (Fsp3) is 0.786. The molecule has 1 aromatic rings. The predicted molar refractivity (Wildman–Crippen MR) is 137 cm³/mol. The minimum Gasteiger partial charge on any atom is -0.360 e. The summed E-state index contributed by atoms with van der Waals surface area (Å²) in [6.07, 6.45) is 5.42. The van der Waals surface area contributed by atoms with E-state index in [1.165, 1.54) is 0 Å². The SMILES string of the molecule is CC(C)c1cc(C(=O)N2C[C@@H]3C[C@@H](C2)[C@@H]2CCCC(=O)N[C@H](C(C)C)CC[C@@H](C)CC(=O)N2C3)no1. The van der Waals surface area contributed by atoms with E-state index in [1.807, 2.05) is 18.7 Å². The molecular weight excluding hydrogens is 456 g/mol. The lowest BCUT2D eigenvalue weighted by atomic mass is 9.77. The Bertz CT molecular complexity index is 942. The highest BCUT2D eigenvalue weighted by Crippen LogP contribution is 2.37. The zero-order valence-corrected chi connectivity index (χ0v) is 22.7. The lowest BCUT2D eigenvalue weighted by molar-refractivity contribution is -0.141. The molecule has 0 unspecified atom stereocenters. The van der Waals surface area contributed by atoms with E-state index < -0.39 is 0 Å². The first-order valence-electron chi connectivity index (χ1n) is 14.0. The molecule has 3 amide bonds. The first-order chi connectivity index (χ1) is 17.1. The van der Waals surface area contributed by atoms with Gasteiger partial charge in [0, 0.05) is 56.5 Å². The van der Waals surface area contributed by atoms with E-state index >= 15 is 0 Å². The largest absolute Gasteiger partial charge is 0.360 e. The van der Waals surface area contributed by atoms with Crippen molar-refractivity contribution in [3.8, 4) is 0 Å². The quantitative estimate of drug-likeness (QED) is 0.670. The lowest BCUT2D eigenvalue weighted by Crippen LogP contribution is -2.60. The number of amides is 3. The Hall–Kier alpha value is -2.38. The summed E-state index contributed by atoms with van der Waals surface area (Å²) in [6, 6.07) is 1.98. The maximum atomic E-state index is 13.5. The second-order valence-electron chi connectivity index (χ2n) is 12.2. The van der Waals surface area contributed by atoms with Crippen molar-refractivity contribution >= 4 is 17.7 Å². The van der Waals surface area contributed by atoms with Gasteiger partial charge in [-0.25, -0.2) is 0 Å². The van der Waals surface area contributed by atoms with Crippen molar-refractivity contribution in [3.63, 3.8) is 0 Å². The monoisotopic (exact) mass is 500 g/mol. The Balaban J connectivity index is 1.49. The smallest absolute Gasteiger partial charge is 0.276 e. The molecule has 8 nitrogen and oxygen atoms in total. The summed E-state index contributed by atoms with van der Waals surface area (Å²) in [4.78, 5) is 43.5. The van der Waals surface area contributed by atoms with Crippen molar-refractivity contribution in [1.29, 1.82) is 0 Å². The third-order valence-electron chi connectivity index (χ3n) is 8.44. The standard InChI is InChI=1S/C28H44N4O4/c1-17(2)22-10-9-19(5)11-27(34)32-15-20-12-21(24(32)7-6-8-26(33)29-22)16-31(14-20)28(35)23-13-25(18(3)4)36-30-23/h13,17-22,24H,6-12,14-16H2,1-5H3,(H,29,33)/t19-,20+,21+,22+,24+/m1/s1.